The fourth-order valence-corrected chi connectivity index (χ4v) is 1.78. The topological polar surface area (TPSA) is 63.6 Å². The number of hydrogen-bond acceptors (Lipinski definition) is 3. The number of carbonyl (C=O) groups excluding carboxylic acids is 1. The van der Waals surface area contributed by atoms with E-state index in [0.29, 0.717) is 0 Å². The molecule has 4 nitrogen and oxygen atoms in total. The van der Waals surface area contributed by atoms with Gasteiger partial charge in [-0.2, -0.15) is 0 Å². The van der Waals surface area contributed by atoms with Gasteiger partial charge in [0.25, 0.3) is 0 Å². The monoisotopic (exact) mass is 258 g/mol. The predicted octanol–water partition coefficient (Wildman–Crippen LogP) is 3.39. The van der Waals surface area contributed by atoms with E-state index in [0.717, 1.165) is 25.7 Å². The van der Waals surface area contributed by atoms with E-state index in [2.05, 4.69) is 6.92 Å². The van der Waals surface area contributed by atoms with Crippen LogP contribution in [0.25, 0.3) is 0 Å². The maximum Gasteiger partial charge on any atom is 0.317 e. The van der Waals surface area contributed by atoms with Crippen LogP contribution in [0.4, 0.5) is 0 Å². The molecule has 0 saturated carbocycles. The predicted molar refractivity (Wildman–Crippen MR) is 70.3 cm³/mol. The first-order valence-electron chi connectivity index (χ1n) is 6.75. The van der Waals surface area contributed by atoms with Gasteiger partial charge in [-0.15, -0.1) is 0 Å². The number of rotatable bonds is 9. The van der Waals surface area contributed by atoms with Crippen LogP contribution in [0, 0.1) is 5.92 Å². The second-order valence-electron chi connectivity index (χ2n) is 5.32. The molecule has 0 amide bonds. The molecule has 0 aliphatic heterocycles. The quantitative estimate of drug-likeness (QED) is 0.391. The molecule has 1 N–H and O–H groups in total. The molecule has 0 heterocycles. The van der Waals surface area contributed by atoms with Gasteiger partial charge in [0.2, 0.25) is 0 Å². The molecule has 0 spiro atoms. The molecule has 0 radical (unpaired) electrons. The van der Waals surface area contributed by atoms with Gasteiger partial charge in [0.15, 0.2) is 0 Å². The molecular weight excluding hydrogens is 232 g/mol. The van der Waals surface area contributed by atoms with Crippen molar-refractivity contribution in [3.05, 3.63) is 0 Å². The van der Waals surface area contributed by atoms with E-state index in [1.54, 1.807) is 0 Å². The second-order valence-corrected chi connectivity index (χ2v) is 5.32. The van der Waals surface area contributed by atoms with Crippen molar-refractivity contribution in [1.82, 2.24) is 0 Å². The van der Waals surface area contributed by atoms with Crippen LogP contribution < -0.4 is 0 Å². The molecule has 0 fully saturated rings. The largest absolute Gasteiger partial charge is 0.481 e. The molecule has 0 aliphatic rings. The molecule has 0 aromatic carbocycles. The Morgan fingerprint density at radius 2 is 1.83 bits per heavy atom. The van der Waals surface area contributed by atoms with Crippen LogP contribution in [-0.4, -0.2) is 22.6 Å². The summed E-state index contributed by atoms with van der Waals surface area (Å²) < 4.78 is 5.37. The lowest BCUT2D eigenvalue weighted by Gasteiger charge is -2.33. The zero-order valence-corrected chi connectivity index (χ0v) is 12.0. The van der Waals surface area contributed by atoms with E-state index in [1.165, 1.54) is 6.42 Å². The fourth-order valence-electron chi connectivity index (χ4n) is 1.78. The first kappa shape index (κ1) is 16.9. The third-order valence-electron chi connectivity index (χ3n) is 3.39. The third kappa shape index (κ3) is 6.62. The summed E-state index contributed by atoms with van der Waals surface area (Å²) in [7, 11) is 0. The van der Waals surface area contributed by atoms with Gasteiger partial charge in [-0.1, -0.05) is 40.0 Å². The lowest BCUT2D eigenvalue weighted by atomic mass is 9.86. The minimum absolute atomic E-state index is 0.178. The maximum atomic E-state index is 11.5. The Kier molecular flexibility index (Phi) is 7.64. The van der Waals surface area contributed by atoms with Gasteiger partial charge in [-0.3, -0.25) is 9.59 Å². The summed E-state index contributed by atoms with van der Waals surface area (Å²) in [5.74, 6) is -1.61. The highest BCUT2D eigenvalue weighted by Gasteiger charge is 2.32. The van der Waals surface area contributed by atoms with E-state index in [-0.39, 0.29) is 5.92 Å². The van der Waals surface area contributed by atoms with E-state index in [1.807, 2.05) is 20.8 Å². The molecular formula is C14H26O4. The Balaban J connectivity index is 4.33. The summed E-state index contributed by atoms with van der Waals surface area (Å²) in [6.07, 6.45) is 4.69. The summed E-state index contributed by atoms with van der Waals surface area (Å²) >= 11 is 0. The van der Waals surface area contributed by atoms with Crippen molar-refractivity contribution < 1.29 is 19.4 Å². The van der Waals surface area contributed by atoms with Crippen molar-refractivity contribution in [1.29, 1.82) is 0 Å². The highest BCUT2D eigenvalue weighted by molar-refractivity contribution is 5.90. The maximum absolute atomic E-state index is 11.5. The Labute approximate surface area is 110 Å². The first-order valence-corrected chi connectivity index (χ1v) is 6.75. The highest BCUT2D eigenvalue weighted by atomic mass is 16.6. The summed E-state index contributed by atoms with van der Waals surface area (Å²) in [4.78, 5) is 21.9. The molecule has 0 bridgehead atoms. The molecule has 0 aromatic heterocycles. The number of carbonyl (C=O) groups is 2. The minimum atomic E-state index is -1.14. The Bertz CT molecular complexity index is 273. The number of ether oxygens (including phenoxy) is 1. The van der Waals surface area contributed by atoms with E-state index < -0.39 is 24.0 Å². The van der Waals surface area contributed by atoms with Crippen LogP contribution in [0.2, 0.25) is 0 Å². The first-order chi connectivity index (χ1) is 8.31. The van der Waals surface area contributed by atoms with Crippen LogP contribution in [0.15, 0.2) is 0 Å². The van der Waals surface area contributed by atoms with Gasteiger partial charge in [0.1, 0.15) is 12.0 Å². The summed E-state index contributed by atoms with van der Waals surface area (Å²) in [6, 6.07) is 0. The average Bonchev–Trinajstić information content (AvgIpc) is 2.22. The fraction of sp³-hybridized carbons (Fsp3) is 0.857. The standard InChI is InChI=1S/C14H26O4/c1-5-6-7-8-9-14(4,11(2)3)18-13(17)10-12(15)16/h11H,5-10H2,1-4H3,(H,15,16). The van der Waals surface area contributed by atoms with Gasteiger partial charge < -0.3 is 9.84 Å². The number of hydrogen-bond donors (Lipinski definition) is 1. The lowest BCUT2D eigenvalue weighted by molar-refractivity contribution is -0.167. The van der Waals surface area contributed by atoms with E-state index in [9.17, 15) is 9.59 Å². The highest BCUT2D eigenvalue weighted by Crippen LogP contribution is 2.28. The van der Waals surface area contributed by atoms with Crippen molar-refractivity contribution in [2.45, 2.75) is 71.8 Å². The number of esters is 1. The number of unbranched alkanes of at least 4 members (excludes halogenated alkanes) is 3. The molecule has 0 aliphatic carbocycles. The summed E-state index contributed by atoms with van der Waals surface area (Å²) in [5, 5.41) is 8.56. The normalized spacial score (nSPS) is 14.3. The van der Waals surface area contributed by atoms with Gasteiger partial charge in [-0.05, 0) is 25.7 Å². The molecule has 106 valence electrons. The van der Waals surface area contributed by atoms with E-state index in [4.69, 9.17) is 9.84 Å². The van der Waals surface area contributed by atoms with E-state index >= 15 is 0 Å². The average molecular weight is 258 g/mol. The molecule has 4 heteroatoms. The summed E-state index contributed by atoms with van der Waals surface area (Å²) in [5.41, 5.74) is -0.555. The Morgan fingerprint density at radius 3 is 2.28 bits per heavy atom. The third-order valence-corrected chi connectivity index (χ3v) is 3.39. The van der Waals surface area contributed by atoms with Crippen molar-refractivity contribution in [3.8, 4) is 0 Å². The van der Waals surface area contributed by atoms with Crippen LogP contribution in [0.1, 0.15) is 66.2 Å². The van der Waals surface area contributed by atoms with Crippen molar-refractivity contribution in [2.75, 3.05) is 0 Å². The number of carboxylic acid groups (broad SMARTS) is 1. The zero-order valence-electron chi connectivity index (χ0n) is 12.0. The van der Waals surface area contributed by atoms with Crippen molar-refractivity contribution in [3.63, 3.8) is 0 Å². The minimum Gasteiger partial charge on any atom is -0.481 e. The Hall–Kier alpha value is -1.06. The van der Waals surface area contributed by atoms with Crippen LogP contribution in [0.5, 0.6) is 0 Å². The van der Waals surface area contributed by atoms with Gasteiger partial charge in [-0.25, -0.2) is 0 Å². The molecule has 1 unspecified atom stereocenters. The lowest BCUT2D eigenvalue weighted by Crippen LogP contribution is -2.37. The van der Waals surface area contributed by atoms with Crippen LogP contribution in [0.3, 0.4) is 0 Å². The molecule has 0 saturated heterocycles. The summed E-state index contributed by atoms with van der Waals surface area (Å²) in [6.45, 7) is 8.03. The van der Waals surface area contributed by atoms with Gasteiger partial charge >= 0.3 is 11.9 Å². The molecule has 0 rings (SSSR count). The van der Waals surface area contributed by atoms with Gasteiger partial charge in [0, 0.05) is 0 Å². The van der Waals surface area contributed by atoms with Gasteiger partial charge in [0.05, 0.1) is 0 Å². The second kappa shape index (κ2) is 8.11. The van der Waals surface area contributed by atoms with Crippen molar-refractivity contribution >= 4 is 11.9 Å². The van der Waals surface area contributed by atoms with Crippen LogP contribution >= 0.6 is 0 Å². The number of carboxylic acids is 1. The Morgan fingerprint density at radius 1 is 1.22 bits per heavy atom. The molecule has 1 atom stereocenters. The zero-order chi connectivity index (χ0) is 14.2. The number of aliphatic carboxylic acids is 1. The van der Waals surface area contributed by atoms with Crippen molar-refractivity contribution in [2.24, 2.45) is 5.92 Å². The van der Waals surface area contributed by atoms with Crippen LogP contribution in [-0.2, 0) is 14.3 Å². The SMILES string of the molecule is CCCCCCC(C)(OC(=O)CC(=O)O)C(C)C. The smallest absolute Gasteiger partial charge is 0.317 e. The molecule has 0 aromatic rings. The molecule has 18 heavy (non-hydrogen) atoms.